The zero-order chi connectivity index (χ0) is 11.8. The molecule has 0 unspecified atom stereocenters. The van der Waals surface area contributed by atoms with Gasteiger partial charge in [-0.25, -0.2) is 4.98 Å². The van der Waals surface area contributed by atoms with E-state index in [4.69, 9.17) is 5.73 Å². The minimum Gasteiger partial charge on any atom is -0.336 e. The Morgan fingerprint density at radius 2 is 1.94 bits per heavy atom. The largest absolute Gasteiger partial charge is 0.336 e. The molecule has 0 spiro atoms. The third-order valence-electron chi connectivity index (χ3n) is 3.12. The summed E-state index contributed by atoms with van der Waals surface area (Å²) in [6, 6.07) is 0. The van der Waals surface area contributed by atoms with Gasteiger partial charge in [0.05, 0.1) is 16.9 Å². The second-order valence-corrected chi connectivity index (χ2v) is 4.75. The van der Waals surface area contributed by atoms with Crippen molar-refractivity contribution < 1.29 is 0 Å². The molecular formula is C11H19N5. The van der Waals surface area contributed by atoms with Gasteiger partial charge in [-0.05, 0) is 20.3 Å². The van der Waals surface area contributed by atoms with E-state index in [9.17, 15) is 0 Å². The highest BCUT2D eigenvalue weighted by Gasteiger charge is 2.40. The first kappa shape index (κ1) is 11.3. The van der Waals surface area contributed by atoms with Crippen LogP contribution in [0, 0.1) is 13.8 Å². The summed E-state index contributed by atoms with van der Waals surface area (Å²) in [6.45, 7) is 7.70. The molecule has 1 fully saturated rings. The quantitative estimate of drug-likeness (QED) is 0.818. The predicted octanol–water partition coefficient (Wildman–Crippen LogP) is 0.806. The van der Waals surface area contributed by atoms with E-state index in [2.05, 4.69) is 27.0 Å². The van der Waals surface area contributed by atoms with E-state index in [-0.39, 0.29) is 5.54 Å². The summed E-state index contributed by atoms with van der Waals surface area (Å²) < 4.78 is 0. The van der Waals surface area contributed by atoms with E-state index in [0.29, 0.717) is 5.95 Å². The highest BCUT2D eigenvalue weighted by atomic mass is 15.4. The van der Waals surface area contributed by atoms with E-state index in [0.717, 1.165) is 37.3 Å². The summed E-state index contributed by atoms with van der Waals surface area (Å²) >= 11 is 0. The van der Waals surface area contributed by atoms with Crippen LogP contribution in [0.1, 0.15) is 31.2 Å². The highest BCUT2D eigenvalue weighted by Crippen LogP contribution is 2.26. The molecule has 0 atom stereocenters. The van der Waals surface area contributed by atoms with Crippen molar-refractivity contribution in [3.8, 4) is 0 Å². The zero-order valence-corrected chi connectivity index (χ0v) is 10.2. The Labute approximate surface area is 96.1 Å². The number of anilines is 1. The number of nitrogens with zero attached hydrogens (tertiary/aromatic N) is 4. The zero-order valence-electron chi connectivity index (χ0n) is 10.2. The Bertz CT molecular complexity index is 384. The van der Waals surface area contributed by atoms with Crippen molar-refractivity contribution in [3.05, 3.63) is 11.4 Å². The van der Waals surface area contributed by atoms with Crippen molar-refractivity contribution in [2.24, 2.45) is 5.73 Å². The normalized spacial score (nSPS) is 18.4. The molecule has 2 heterocycles. The topological polar surface area (TPSA) is 67.9 Å². The van der Waals surface area contributed by atoms with Gasteiger partial charge in [0.2, 0.25) is 5.95 Å². The summed E-state index contributed by atoms with van der Waals surface area (Å²) in [6.07, 6.45) is 2.18. The molecule has 88 valence electrons. The standard InChI is InChI=1S/C11H19N5/c1-4-5-11(12)6-16(7-11)10-13-8(2)9(3)14-15-10/h4-7,12H2,1-3H3. The van der Waals surface area contributed by atoms with Gasteiger partial charge >= 0.3 is 0 Å². The van der Waals surface area contributed by atoms with Crippen molar-refractivity contribution in [3.63, 3.8) is 0 Å². The Morgan fingerprint density at radius 3 is 2.50 bits per heavy atom. The number of nitrogens with two attached hydrogens (primary N) is 1. The van der Waals surface area contributed by atoms with Gasteiger partial charge < -0.3 is 10.6 Å². The lowest BCUT2D eigenvalue weighted by Crippen LogP contribution is -2.67. The van der Waals surface area contributed by atoms with Gasteiger partial charge in [-0.2, -0.15) is 5.10 Å². The van der Waals surface area contributed by atoms with Crippen LogP contribution in [-0.4, -0.2) is 33.8 Å². The maximum Gasteiger partial charge on any atom is 0.245 e. The van der Waals surface area contributed by atoms with E-state index >= 15 is 0 Å². The SMILES string of the molecule is CCCC1(N)CN(c2nnc(C)c(C)n2)C1. The van der Waals surface area contributed by atoms with Crippen molar-refractivity contribution in [2.75, 3.05) is 18.0 Å². The van der Waals surface area contributed by atoms with Gasteiger partial charge in [0.1, 0.15) is 0 Å². The van der Waals surface area contributed by atoms with Crippen LogP contribution in [0.15, 0.2) is 0 Å². The molecule has 5 heteroatoms. The molecule has 1 aliphatic heterocycles. The van der Waals surface area contributed by atoms with Crippen LogP contribution in [0.3, 0.4) is 0 Å². The summed E-state index contributed by atoms with van der Waals surface area (Å²) in [5, 5.41) is 8.18. The fourth-order valence-corrected chi connectivity index (χ4v) is 2.09. The van der Waals surface area contributed by atoms with Gasteiger partial charge in [-0.3, -0.25) is 0 Å². The van der Waals surface area contributed by atoms with Crippen LogP contribution in [0.2, 0.25) is 0 Å². The van der Waals surface area contributed by atoms with Gasteiger partial charge in [0, 0.05) is 13.1 Å². The molecule has 2 N–H and O–H groups in total. The molecule has 0 bridgehead atoms. The predicted molar refractivity (Wildman–Crippen MR) is 63.3 cm³/mol. The second kappa shape index (κ2) is 3.97. The molecule has 0 amide bonds. The number of rotatable bonds is 3. The summed E-state index contributed by atoms with van der Waals surface area (Å²) in [4.78, 5) is 6.51. The number of hydrogen-bond donors (Lipinski definition) is 1. The maximum atomic E-state index is 6.19. The summed E-state index contributed by atoms with van der Waals surface area (Å²) in [7, 11) is 0. The molecule has 1 aromatic rings. The lowest BCUT2D eigenvalue weighted by atomic mass is 9.87. The maximum absolute atomic E-state index is 6.19. The average molecular weight is 221 g/mol. The first-order chi connectivity index (χ1) is 7.54. The Morgan fingerprint density at radius 1 is 1.25 bits per heavy atom. The molecule has 0 radical (unpaired) electrons. The summed E-state index contributed by atoms with van der Waals surface area (Å²) in [5.41, 5.74) is 7.97. The van der Waals surface area contributed by atoms with E-state index < -0.39 is 0 Å². The van der Waals surface area contributed by atoms with Crippen molar-refractivity contribution in [1.82, 2.24) is 15.2 Å². The van der Waals surface area contributed by atoms with E-state index in [1.807, 2.05) is 13.8 Å². The van der Waals surface area contributed by atoms with Crippen molar-refractivity contribution >= 4 is 5.95 Å². The first-order valence-corrected chi connectivity index (χ1v) is 5.76. The van der Waals surface area contributed by atoms with Gasteiger partial charge in [0.25, 0.3) is 0 Å². The Kier molecular flexibility index (Phi) is 2.80. The number of aryl methyl sites for hydroxylation is 2. The second-order valence-electron chi connectivity index (χ2n) is 4.75. The molecular weight excluding hydrogens is 202 g/mol. The molecule has 1 saturated heterocycles. The molecule has 1 aromatic heterocycles. The summed E-state index contributed by atoms with van der Waals surface area (Å²) in [5.74, 6) is 0.709. The van der Waals surface area contributed by atoms with Crippen molar-refractivity contribution in [2.45, 2.75) is 39.2 Å². The lowest BCUT2D eigenvalue weighted by Gasteiger charge is -2.47. The molecule has 1 aliphatic rings. The molecule has 5 nitrogen and oxygen atoms in total. The smallest absolute Gasteiger partial charge is 0.245 e. The van der Waals surface area contributed by atoms with Gasteiger partial charge in [-0.1, -0.05) is 13.3 Å². The van der Waals surface area contributed by atoms with Gasteiger partial charge in [-0.15, -0.1) is 5.10 Å². The molecule has 0 saturated carbocycles. The lowest BCUT2D eigenvalue weighted by molar-refractivity contribution is 0.303. The van der Waals surface area contributed by atoms with Crippen LogP contribution < -0.4 is 10.6 Å². The third kappa shape index (κ3) is 2.00. The van der Waals surface area contributed by atoms with Gasteiger partial charge in [0.15, 0.2) is 0 Å². The minimum absolute atomic E-state index is 0.0447. The van der Waals surface area contributed by atoms with Crippen LogP contribution >= 0.6 is 0 Å². The Hall–Kier alpha value is -1.23. The van der Waals surface area contributed by atoms with Crippen LogP contribution in [0.25, 0.3) is 0 Å². The van der Waals surface area contributed by atoms with Crippen molar-refractivity contribution in [1.29, 1.82) is 0 Å². The van der Waals surface area contributed by atoms with Crippen LogP contribution in [0.4, 0.5) is 5.95 Å². The fraction of sp³-hybridized carbons (Fsp3) is 0.727. The molecule has 0 aromatic carbocycles. The number of hydrogen-bond acceptors (Lipinski definition) is 5. The number of aromatic nitrogens is 3. The average Bonchev–Trinajstić information content (AvgIpc) is 2.19. The third-order valence-corrected chi connectivity index (χ3v) is 3.12. The van der Waals surface area contributed by atoms with E-state index in [1.165, 1.54) is 0 Å². The fourth-order valence-electron chi connectivity index (χ4n) is 2.09. The monoisotopic (exact) mass is 221 g/mol. The molecule has 0 aliphatic carbocycles. The highest BCUT2D eigenvalue weighted by molar-refractivity contribution is 5.37. The van der Waals surface area contributed by atoms with E-state index in [1.54, 1.807) is 0 Å². The van der Waals surface area contributed by atoms with Crippen LogP contribution in [-0.2, 0) is 0 Å². The van der Waals surface area contributed by atoms with Crippen LogP contribution in [0.5, 0.6) is 0 Å². The minimum atomic E-state index is -0.0447. The molecule has 16 heavy (non-hydrogen) atoms. The first-order valence-electron chi connectivity index (χ1n) is 5.76. The Balaban J connectivity index is 2.04. The molecule has 2 rings (SSSR count).